The maximum atomic E-state index is 11.0. The van der Waals surface area contributed by atoms with Gasteiger partial charge in [-0.3, -0.25) is 4.79 Å². The molecule has 0 bridgehead atoms. The molecule has 1 amide bonds. The Kier molecular flexibility index (Phi) is 3.44. The van der Waals surface area contributed by atoms with Crippen molar-refractivity contribution < 1.29 is 9.21 Å². The molecule has 3 rings (SSSR count). The van der Waals surface area contributed by atoms with Crippen molar-refractivity contribution in [2.75, 3.05) is 5.32 Å². The molecular weight excluding hydrogens is 264 g/mol. The van der Waals surface area contributed by atoms with E-state index in [4.69, 9.17) is 4.42 Å². The van der Waals surface area contributed by atoms with Crippen LogP contribution in [-0.4, -0.2) is 10.9 Å². The lowest BCUT2D eigenvalue weighted by atomic mass is 10.1. The van der Waals surface area contributed by atoms with Gasteiger partial charge in [-0.05, 0) is 42.3 Å². The summed E-state index contributed by atoms with van der Waals surface area (Å²) in [7, 11) is 0. The summed E-state index contributed by atoms with van der Waals surface area (Å²) in [5.41, 5.74) is 4.75. The van der Waals surface area contributed by atoms with Crippen LogP contribution in [0, 0.1) is 6.92 Å². The number of rotatable bonds is 3. The van der Waals surface area contributed by atoms with Crippen molar-refractivity contribution in [3.05, 3.63) is 59.5 Å². The number of benzene rings is 2. The molecule has 0 fully saturated rings. The van der Waals surface area contributed by atoms with Gasteiger partial charge >= 0.3 is 0 Å². The fourth-order valence-electron chi connectivity index (χ4n) is 2.24. The number of amides is 1. The molecule has 3 aromatic rings. The van der Waals surface area contributed by atoms with Gasteiger partial charge in [0.25, 0.3) is 0 Å². The minimum atomic E-state index is -0.0722. The van der Waals surface area contributed by atoms with Crippen molar-refractivity contribution in [2.24, 2.45) is 0 Å². The van der Waals surface area contributed by atoms with Crippen molar-refractivity contribution in [1.82, 2.24) is 4.98 Å². The van der Waals surface area contributed by atoms with E-state index in [1.807, 2.05) is 49.4 Å². The highest BCUT2D eigenvalue weighted by molar-refractivity contribution is 5.88. The van der Waals surface area contributed by atoms with Crippen LogP contribution in [-0.2, 0) is 11.2 Å². The molecule has 0 radical (unpaired) electrons. The van der Waals surface area contributed by atoms with Crippen molar-refractivity contribution in [3.8, 4) is 0 Å². The minimum absolute atomic E-state index is 0.0722. The highest BCUT2D eigenvalue weighted by Crippen LogP contribution is 2.19. The number of carbonyl (C=O) groups is 1. The Morgan fingerprint density at radius 3 is 2.67 bits per heavy atom. The first-order chi connectivity index (χ1) is 10.1. The average Bonchev–Trinajstić information content (AvgIpc) is 2.82. The summed E-state index contributed by atoms with van der Waals surface area (Å²) in [4.78, 5) is 15.5. The van der Waals surface area contributed by atoms with E-state index in [1.54, 1.807) is 0 Å². The van der Waals surface area contributed by atoms with Gasteiger partial charge in [-0.25, -0.2) is 4.98 Å². The molecule has 21 heavy (non-hydrogen) atoms. The molecule has 4 heteroatoms. The summed E-state index contributed by atoms with van der Waals surface area (Å²) in [5, 5.41) is 2.75. The molecule has 0 atom stereocenters. The normalized spacial score (nSPS) is 10.8. The third-order valence-corrected chi connectivity index (χ3v) is 3.22. The predicted molar refractivity (Wildman–Crippen MR) is 82.3 cm³/mol. The van der Waals surface area contributed by atoms with E-state index in [2.05, 4.69) is 10.3 Å². The van der Waals surface area contributed by atoms with Crippen LogP contribution in [0.1, 0.15) is 23.9 Å². The first kappa shape index (κ1) is 13.4. The van der Waals surface area contributed by atoms with Crippen LogP contribution in [0.25, 0.3) is 11.1 Å². The second-order valence-corrected chi connectivity index (χ2v) is 5.13. The van der Waals surface area contributed by atoms with Gasteiger partial charge in [0.05, 0.1) is 0 Å². The van der Waals surface area contributed by atoms with Gasteiger partial charge in [-0.1, -0.05) is 18.2 Å². The number of fused-ring (bicyclic) bond motifs is 1. The molecule has 0 aliphatic carbocycles. The first-order valence-electron chi connectivity index (χ1n) is 6.83. The zero-order valence-corrected chi connectivity index (χ0v) is 12.0. The Morgan fingerprint density at radius 2 is 1.95 bits per heavy atom. The molecule has 1 N–H and O–H groups in total. The highest BCUT2D eigenvalue weighted by Gasteiger charge is 2.07. The molecular formula is C17H16N2O2. The van der Waals surface area contributed by atoms with Gasteiger partial charge in [-0.15, -0.1) is 0 Å². The largest absolute Gasteiger partial charge is 0.440 e. The Bertz CT molecular complexity index is 788. The van der Waals surface area contributed by atoms with E-state index in [0.717, 1.165) is 22.4 Å². The zero-order valence-electron chi connectivity index (χ0n) is 12.0. The molecule has 0 aliphatic heterocycles. The number of hydrogen-bond donors (Lipinski definition) is 1. The Balaban J connectivity index is 1.79. The van der Waals surface area contributed by atoms with Crippen LogP contribution in [0.15, 0.2) is 46.9 Å². The number of hydrogen-bond acceptors (Lipinski definition) is 3. The maximum absolute atomic E-state index is 11.0. The molecule has 106 valence electrons. The average molecular weight is 280 g/mol. The van der Waals surface area contributed by atoms with Crippen LogP contribution in [0.2, 0.25) is 0 Å². The molecule has 0 aliphatic rings. The number of nitrogens with one attached hydrogen (secondary N) is 1. The van der Waals surface area contributed by atoms with Crippen LogP contribution in [0.4, 0.5) is 5.69 Å². The maximum Gasteiger partial charge on any atom is 0.221 e. The summed E-state index contributed by atoms with van der Waals surface area (Å²) >= 11 is 0. The van der Waals surface area contributed by atoms with E-state index in [0.29, 0.717) is 12.3 Å². The van der Waals surface area contributed by atoms with Crippen LogP contribution in [0.3, 0.4) is 0 Å². The van der Waals surface area contributed by atoms with E-state index in [9.17, 15) is 4.79 Å². The van der Waals surface area contributed by atoms with Gasteiger partial charge in [0.15, 0.2) is 11.5 Å². The quantitative estimate of drug-likeness (QED) is 0.796. The smallest absolute Gasteiger partial charge is 0.221 e. The second kappa shape index (κ2) is 5.40. The fraction of sp³-hybridized carbons (Fsp3) is 0.176. The van der Waals surface area contributed by atoms with E-state index in [1.165, 1.54) is 12.5 Å². The van der Waals surface area contributed by atoms with Gasteiger partial charge in [0.2, 0.25) is 5.91 Å². The van der Waals surface area contributed by atoms with E-state index in [-0.39, 0.29) is 5.91 Å². The summed E-state index contributed by atoms with van der Waals surface area (Å²) in [6.45, 7) is 3.53. The van der Waals surface area contributed by atoms with Gasteiger partial charge in [0, 0.05) is 19.0 Å². The fourth-order valence-corrected chi connectivity index (χ4v) is 2.24. The van der Waals surface area contributed by atoms with Crippen molar-refractivity contribution >= 4 is 22.7 Å². The van der Waals surface area contributed by atoms with Crippen LogP contribution < -0.4 is 5.32 Å². The highest BCUT2D eigenvalue weighted by atomic mass is 16.3. The van der Waals surface area contributed by atoms with E-state index >= 15 is 0 Å². The van der Waals surface area contributed by atoms with E-state index < -0.39 is 0 Å². The third-order valence-electron chi connectivity index (χ3n) is 3.22. The molecule has 1 aromatic heterocycles. The zero-order chi connectivity index (χ0) is 14.8. The van der Waals surface area contributed by atoms with Crippen molar-refractivity contribution in [2.45, 2.75) is 20.3 Å². The van der Waals surface area contributed by atoms with Gasteiger partial charge in [0.1, 0.15) is 5.52 Å². The number of carbonyl (C=O) groups excluding carboxylic acids is 1. The van der Waals surface area contributed by atoms with Crippen molar-refractivity contribution in [3.63, 3.8) is 0 Å². The molecule has 0 unspecified atom stereocenters. The Hall–Kier alpha value is -2.62. The van der Waals surface area contributed by atoms with Gasteiger partial charge in [-0.2, -0.15) is 0 Å². The first-order valence-corrected chi connectivity index (χ1v) is 6.83. The monoisotopic (exact) mass is 280 g/mol. The molecule has 1 heterocycles. The lowest BCUT2D eigenvalue weighted by Gasteiger charge is -2.02. The summed E-state index contributed by atoms with van der Waals surface area (Å²) in [5.74, 6) is 0.625. The summed E-state index contributed by atoms with van der Waals surface area (Å²) in [6, 6.07) is 13.7. The summed E-state index contributed by atoms with van der Waals surface area (Å²) in [6.07, 6.45) is 0.633. The standard InChI is InChI=1S/C17H16N2O2/c1-11-3-8-16-15(9-11)19-17(21-16)10-13-4-6-14(7-5-13)18-12(2)20/h3-9H,10H2,1-2H3,(H,18,20). The summed E-state index contributed by atoms with van der Waals surface area (Å²) < 4.78 is 5.74. The van der Waals surface area contributed by atoms with Gasteiger partial charge < -0.3 is 9.73 Å². The number of nitrogens with zero attached hydrogens (tertiary/aromatic N) is 1. The number of anilines is 1. The predicted octanol–water partition coefficient (Wildman–Crippen LogP) is 3.69. The lowest BCUT2D eigenvalue weighted by molar-refractivity contribution is -0.114. The van der Waals surface area contributed by atoms with Crippen molar-refractivity contribution in [1.29, 1.82) is 0 Å². The Morgan fingerprint density at radius 1 is 1.19 bits per heavy atom. The number of oxazole rings is 1. The minimum Gasteiger partial charge on any atom is -0.440 e. The third kappa shape index (κ3) is 3.11. The number of aryl methyl sites for hydroxylation is 1. The van der Waals surface area contributed by atoms with Crippen LogP contribution in [0.5, 0.6) is 0 Å². The second-order valence-electron chi connectivity index (χ2n) is 5.13. The SMILES string of the molecule is CC(=O)Nc1ccc(Cc2nc3cc(C)ccc3o2)cc1. The Labute approximate surface area is 122 Å². The lowest BCUT2D eigenvalue weighted by Crippen LogP contribution is -2.05. The molecule has 4 nitrogen and oxygen atoms in total. The molecule has 2 aromatic carbocycles. The number of aromatic nitrogens is 1. The van der Waals surface area contributed by atoms with Crippen LogP contribution >= 0.6 is 0 Å². The molecule has 0 saturated carbocycles. The molecule has 0 saturated heterocycles. The molecule has 0 spiro atoms. The topological polar surface area (TPSA) is 55.1 Å².